The lowest BCUT2D eigenvalue weighted by atomic mass is 10.2. The number of nitrogens with zero attached hydrogens (tertiary/aromatic N) is 1. The number of phenols is 1. The van der Waals surface area contributed by atoms with Crippen LogP contribution in [0.25, 0.3) is 0 Å². The summed E-state index contributed by atoms with van der Waals surface area (Å²) < 4.78 is 0. The molecule has 0 fully saturated rings. The molecule has 1 unspecified atom stereocenters. The van der Waals surface area contributed by atoms with Gasteiger partial charge in [0.05, 0.1) is 0 Å². The Kier molecular flexibility index (Phi) is 7.50. The summed E-state index contributed by atoms with van der Waals surface area (Å²) in [4.78, 5) is 23.1. The van der Waals surface area contributed by atoms with Crippen molar-refractivity contribution in [2.24, 2.45) is 0 Å². The minimum Gasteiger partial charge on any atom is -0.508 e. The molecule has 0 radical (unpaired) electrons. The molecule has 0 heterocycles. The summed E-state index contributed by atoms with van der Waals surface area (Å²) in [5, 5.41) is 32.3. The van der Waals surface area contributed by atoms with Crippen LogP contribution in [0.1, 0.15) is 6.42 Å². The number of benzene rings is 1. The van der Waals surface area contributed by atoms with Crippen LogP contribution in [0.4, 0.5) is 5.69 Å². The molecule has 23 heavy (non-hydrogen) atoms. The number of phenolic OH excluding ortho intramolecular Hbond substituents is 1. The number of carbonyl (C=O) groups is 2. The van der Waals surface area contributed by atoms with Crippen LogP contribution in [0.3, 0.4) is 0 Å². The Bertz CT molecular complexity index is 623. The van der Waals surface area contributed by atoms with Gasteiger partial charge in [-0.1, -0.05) is 0 Å². The quantitative estimate of drug-likeness (QED) is 0.323. The van der Waals surface area contributed by atoms with E-state index in [4.69, 9.17) is 10.4 Å². The van der Waals surface area contributed by atoms with Gasteiger partial charge in [-0.2, -0.15) is 17.0 Å². The normalized spacial score (nSPS) is 12.1. The average Bonchev–Trinajstić information content (AvgIpc) is 2.52. The van der Waals surface area contributed by atoms with E-state index in [1.807, 2.05) is 6.26 Å². The van der Waals surface area contributed by atoms with Gasteiger partial charge < -0.3 is 20.8 Å². The number of carbonyl (C=O) groups excluding carboxylic acids is 1. The third-order valence-electron chi connectivity index (χ3n) is 2.83. The summed E-state index contributed by atoms with van der Waals surface area (Å²) in [6.07, 6.45) is 3.33. The molecule has 0 saturated carbocycles. The fourth-order valence-electron chi connectivity index (χ4n) is 1.59. The van der Waals surface area contributed by atoms with Gasteiger partial charge in [0.15, 0.2) is 0 Å². The van der Waals surface area contributed by atoms with Crippen molar-refractivity contribution >= 4 is 29.3 Å². The molecule has 0 aliphatic rings. The van der Waals surface area contributed by atoms with Crippen molar-refractivity contribution in [3.8, 4) is 11.8 Å². The van der Waals surface area contributed by atoms with Crippen LogP contribution in [-0.4, -0.2) is 40.1 Å². The molecule has 1 amide bonds. The summed E-state index contributed by atoms with van der Waals surface area (Å²) in [6, 6.07) is 6.61. The molecule has 4 N–H and O–H groups in total. The number of aromatic hydroxyl groups is 1. The number of anilines is 1. The molecule has 1 rings (SSSR count). The monoisotopic (exact) mass is 335 g/mol. The maximum atomic E-state index is 12.0. The van der Waals surface area contributed by atoms with E-state index in [-0.39, 0.29) is 11.3 Å². The van der Waals surface area contributed by atoms with Crippen molar-refractivity contribution in [2.75, 3.05) is 17.3 Å². The number of thioether (sulfide) groups is 1. The Labute approximate surface area is 138 Å². The number of nitriles is 1. The van der Waals surface area contributed by atoms with Gasteiger partial charge in [0.25, 0.3) is 5.91 Å². The smallest absolute Gasteiger partial charge is 0.326 e. The van der Waals surface area contributed by atoms with Gasteiger partial charge in [-0.3, -0.25) is 4.79 Å². The van der Waals surface area contributed by atoms with Gasteiger partial charge in [0.2, 0.25) is 0 Å². The lowest BCUT2D eigenvalue weighted by Crippen LogP contribution is -2.34. The largest absolute Gasteiger partial charge is 0.508 e. The number of amides is 1. The molecule has 0 aliphatic heterocycles. The number of nitrogens with one attached hydrogen (secondary N) is 2. The van der Waals surface area contributed by atoms with Gasteiger partial charge in [-0.05, 0) is 42.7 Å². The van der Waals surface area contributed by atoms with Crippen molar-refractivity contribution in [3.63, 3.8) is 0 Å². The highest BCUT2D eigenvalue weighted by molar-refractivity contribution is 7.98. The number of aliphatic carboxylic acids is 1. The number of carboxylic acid groups (broad SMARTS) is 1. The van der Waals surface area contributed by atoms with Gasteiger partial charge in [-0.25, -0.2) is 4.79 Å². The average molecular weight is 335 g/mol. The van der Waals surface area contributed by atoms with E-state index in [0.717, 1.165) is 6.20 Å². The molecule has 1 aromatic carbocycles. The Morgan fingerprint density at radius 3 is 2.57 bits per heavy atom. The second-order valence-corrected chi connectivity index (χ2v) is 5.50. The maximum Gasteiger partial charge on any atom is 0.326 e. The Morgan fingerprint density at radius 2 is 2.04 bits per heavy atom. The van der Waals surface area contributed by atoms with E-state index >= 15 is 0 Å². The molecule has 0 spiro atoms. The third kappa shape index (κ3) is 6.32. The molecule has 0 bridgehead atoms. The number of hydrogen-bond donors (Lipinski definition) is 4. The van der Waals surface area contributed by atoms with Crippen LogP contribution < -0.4 is 10.6 Å². The number of rotatable bonds is 8. The minimum atomic E-state index is -1.05. The predicted octanol–water partition coefficient (Wildman–Crippen LogP) is 1.53. The fraction of sp³-hybridized carbons (Fsp3) is 0.267. The van der Waals surface area contributed by atoms with E-state index < -0.39 is 17.9 Å². The summed E-state index contributed by atoms with van der Waals surface area (Å²) in [7, 11) is 0. The van der Waals surface area contributed by atoms with Gasteiger partial charge in [0, 0.05) is 11.9 Å². The Morgan fingerprint density at radius 1 is 1.39 bits per heavy atom. The van der Waals surface area contributed by atoms with Crippen LogP contribution in [0.5, 0.6) is 5.75 Å². The van der Waals surface area contributed by atoms with Gasteiger partial charge in [0.1, 0.15) is 23.4 Å². The van der Waals surface area contributed by atoms with E-state index in [0.29, 0.717) is 17.9 Å². The zero-order chi connectivity index (χ0) is 17.2. The zero-order valence-corrected chi connectivity index (χ0v) is 13.3. The molecular weight excluding hydrogens is 318 g/mol. The first-order valence-electron chi connectivity index (χ1n) is 6.66. The summed E-state index contributed by atoms with van der Waals surface area (Å²) in [5.74, 6) is -1.02. The molecule has 0 aromatic heterocycles. The van der Waals surface area contributed by atoms with E-state index in [1.165, 1.54) is 36.0 Å². The first-order valence-corrected chi connectivity index (χ1v) is 8.05. The topological polar surface area (TPSA) is 122 Å². The molecule has 8 heteroatoms. The second-order valence-electron chi connectivity index (χ2n) is 4.51. The summed E-state index contributed by atoms with van der Waals surface area (Å²) >= 11 is 1.51. The van der Waals surface area contributed by atoms with Crippen molar-refractivity contribution in [3.05, 3.63) is 36.0 Å². The summed E-state index contributed by atoms with van der Waals surface area (Å²) in [5.41, 5.74) is 0.166. The highest BCUT2D eigenvalue weighted by atomic mass is 32.2. The van der Waals surface area contributed by atoms with Crippen molar-refractivity contribution in [1.29, 1.82) is 5.26 Å². The summed E-state index contributed by atoms with van der Waals surface area (Å²) in [6.45, 7) is 0. The molecule has 0 aliphatic carbocycles. The minimum absolute atomic E-state index is 0.0545. The van der Waals surface area contributed by atoms with Crippen LogP contribution in [0, 0.1) is 11.3 Å². The highest BCUT2D eigenvalue weighted by Gasteiger charge is 2.16. The molecule has 7 nitrogen and oxygen atoms in total. The second kappa shape index (κ2) is 9.38. The number of carboxylic acids is 1. The molecular formula is C15H17N3O4S. The SMILES string of the molecule is CSCCC(N/C=C(/C#N)C(=O)Nc1ccc(O)cc1)C(=O)O. The molecule has 1 aromatic rings. The van der Waals surface area contributed by atoms with Crippen LogP contribution in [0.2, 0.25) is 0 Å². The predicted molar refractivity (Wildman–Crippen MR) is 88.0 cm³/mol. The molecule has 0 saturated heterocycles. The third-order valence-corrected chi connectivity index (χ3v) is 3.47. The van der Waals surface area contributed by atoms with Gasteiger partial charge in [-0.15, -0.1) is 0 Å². The van der Waals surface area contributed by atoms with E-state index in [9.17, 15) is 14.7 Å². The maximum absolute atomic E-state index is 12.0. The Hall–Kier alpha value is -2.66. The highest BCUT2D eigenvalue weighted by Crippen LogP contribution is 2.14. The van der Waals surface area contributed by atoms with Crippen LogP contribution in [0.15, 0.2) is 36.0 Å². The van der Waals surface area contributed by atoms with E-state index in [1.54, 1.807) is 6.07 Å². The standard InChI is InChI=1S/C15H17N3O4S/c1-23-7-6-13(15(21)22)17-9-10(8-16)14(20)18-11-2-4-12(19)5-3-11/h2-5,9,13,17,19H,6-7H2,1H3,(H,18,20)(H,21,22)/b10-9-. The first kappa shape index (κ1) is 18.4. The van der Waals surface area contributed by atoms with Crippen molar-refractivity contribution in [1.82, 2.24) is 5.32 Å². The van der Waals surface area contributed by atoms with E-state index in [2.05, 4.69) is 10.6 Å². The van der Waals surface area contributed by atoms with Gasteiger partial charge >= 0.3 is 5.97 Å². The van der Waals surface area contributed by atoms with Crippen LogP contribution >= 0.6 is 11.8 Å². The van der Waals surface area contributed by atoms with Crippen molar-refractivity contribution < 1.29 is 19.8 Å². The first-order chi connectivity index (χ1) is 11.0. The fourth-order valence-corrected chi connectivity index (χ4v) is 2.06. The lowest BCUT2D eigenvalue weighted by Gasteiger charge is -2.12. The molecule has 122 valence electrons. The number of hydrogen-bond acceptors (Lipinski definition) is 6. The van der Waals surface area contributed by atoms with Crippen molar-refractivity contribution in [2.45, 2.75) is 12.5 Å². The lowest BCUT2D eigenvalue weighted by molar-refractivity contribution is -0.139. The Balaban J connectivity index is 2.73. The van der Waals surface area contributed by atoms with Crippen LogP contribution in [-0.2, 0) is 9.59 Å². The zero-order valence-electron chi connectivity index (χ0n) is 12.4. The molecule has 1 atom stereocenters.